The molecule has 0 fully saturated rings. The number of rotatable bonds is 2. The molecule has 0 radical (unpaired) electrons. The largest absolute Gasteiger partial charge is 0.367 e. The second kappa shape index (κ2) is 4.63. The van der Waals surface area contributed by atoms with E-state index in [2.05, 4.69) is 16.6 Å². The normalized spacial score (nSPS) is 11.9. The fourth-order valence-electron chi connectivity index (χ4n) is 0.273. The van der Waals surface area contributed by atoms with Crippen molar-refractivity contribution < 1.29 is 9.84 Å². The molecule has 0 aromatic carbocycles. The fourth-order valence-corrected chi connectivity index (χ4v) is 0.273. The maximum absolute atomic E-state index is 8.66. The Morgan fingerprint density at radius 3 is 2.75 bits per heavy atom. The summed E-state index contributed by atoms with van der Waals surface area (Å²) in [5.41, 5.74) is 0. The third-order valence-corrected chi connectivity index (χ3v) is 0.726. The molecule has 2 nitrogen and oxygen atoms in total. The Morgan fingerprint density at radius 2 is 2.38 bits per heavy atom. The maximum Gasteiger partial charge on any atom is 0.165 e. The molecule has 0 aliphatic rings. The van der Waals surface area contributed by atoms with Gasteiger partial charge in [0.15, 0.2) is 6.29 Å². The molecule has 0 spiro atoms. The number of ether oxygens (including phenoxy) is 1. The third-order valence-electron chi connectivity index (χ3n) is 0.726. The summed E-state index contributed by atoms with van der Waals surface area (Å²) in [6.07, 6.45) is -0.324. The smallest absolute Gasteiger partial charge is 0.165 e. The number of hydrogen-bond acceptors (Lipinski definition) is 2. The highest BCUT2D eigenvalue weighted by Gasteiger charge is 1.93. The van der Waals surface area contributed by atoms with Crippen LogP contribution in [0.25, 0.3) is 0 Å². The Hall–Kier alpha value is -0.520. The van der Waals surface area contributed by atoms with Crippen molar-refractivity contribution in [3.63, 3.8) is 0 Å². The zero-order valence-corrected chi connectivity index (χ0v) is 5.14. The molecule has 0 amide bonds. The lowest BCUT2D eigenvalue weighted by Gasteiger charge is -2.00. The first kappa shape index (κ1) is 7.48. The van der Waals surface area contributed by atoms with Crippen molar-refractivity contribution in [3.8, 4) is 11.8 Å². The van der Waals surface area contributed by atoms with Gasteiger partial charge in [-0.1, -0.05) is 5.92 Å². The van der Waals surface area contributed by atoms with Gasteiger partial charge in [-0.2, -0.15) is 0 Å². The Bertz CT molecular complexity index is 98.8. The van der Waals surface area contributed by atoms with Crippen molar-refractivity contribution in [2.24, 2.45) is 0 Å². The van der Waals surface area contributed by atoms with Gasteiger partial charge in [-0.05, 0) is 6.92 Å². The van der Waals surface area contributed by atoms with Crippen molar-refractivity contribution in [1.82, 2.24) is 0 Å². The molecule has 1 N–H and O–H groups in total. The predicted octanol–water partition coefficient (Wildman–Crippen LogP) is 0.365. The van der Waals surface area contributed by atoms with Crippen LogP contribution in [0.2, 0.25) is 0 Å². The summed E-state index contributed by atoms with van der Waals surface area (Å²) in [6, 6.07) is 0. The van der Waals surface area contributed by atoms with Crippen LogP contribution < -0.4 is 0 Å². The zero-order chi connectivity index (χ0) is 6.41. The van der Waals surface area contributed by atoms with Gasteiger partial charge in [0.1, 0.15) is 0 Å². The van der Waals surface area contributed by atoms with Crippen LogP contribution in [0, 0.1) is 11.8 Å². The summed E-state index contributed by atoms with van der Waals surface area (Å²) in [5, 5.41) is 8.66. The molecule has 0 aliphatic heterocycles. The third kappa shape index (κ3) is 3.66. The quantitative estimate of drug-likeness (QED) is 0.415. The second-order valence-electron chi connectivity index (χ2n) is 1.32. The molecule has 2 heteroatoms. The monoisotopic (exact) mass is 114 g/mol. The van der Waals surface area contributed by atoms with E-state index in [0.29, 0.717) is 6.42 Å². The maximum atomic E-state index is 8.66. The van der Waals surface area contributed by atoms with E-state index in [9.17, 15) is 0 Å². The van der Waals surface area contributed by atoms with Gasteiger partial charge in [0.05, 0.1) is 6.42 Å². The second-order valence-corrected chi connectivity index (χ2v) is 1.32. The van der Waals surface area contributed by atoms with Gasteiger partial charge in [0.25, 0.3) is 0 Å². The lowest BCUT2D eigenvalue weighted by atomic mass is 10.4. The van der Waals surface area contributed by atoms with Crippen LogP contribution in [0.4, 0.5) is 0 Å². The molecular formula is C6H10O2. The molecule has 1 atom stereocenters. The molecular weight excluding hydrogens is 104 g/mol. The number of aliphatic hydroxyl groups is 1. The fraction of sp³-hybridized carbons (Fsp3) is 0.667. The number of methoxy groups -OCH3 is 1. The van der Waals surface area contributed by atoms with Crippen molar-refractivity contribution in [2.45, 2.75) is 19.6 Å². The minimum Gasteiger partial charge on any atom is -0.367 e. The minimum absolute atomic E-state index is 0.396. The van der Waals surface area contributed by atoms with E-state index in [0.717, 1.165) is 0 Å². The summed E-state index contributed by atoms with van der Waals surface area (Å²) in [6.45, 7) is 1.72. The number of hydrogen-bond donors (Lipinski definition) is 1. The van der Waals surface area contributed by atoms with E-state index in [-0.39, 0.29) is 0 Å². The highest BCUT2D eigenvalue weighted by atomic mass is 16.6. The Kier molecular flexibility index (Phi) is 4.33. The first-order valence-electron chi connectivity index (χ1n) is 2.41. The lowest BCUT2D eigenvalue weighted by Crippen LogP contribution is -2.06. The molecule has 0 rings (SSSR count). The topological polar surface area (TPSA) is 29.5 Å². The summed E-state index contributed by atoms with van der Waals surface area (Å²) in [7, 11) is 1.45. The van der Waals surface area contributed by atoms with Crippen LogP contribution in [0.15, 0.2) is 0 Å². The van der Waals surface area contributed by atoms with Crippen LogP contribution in [0.3, 0.4) is 0 Å². The van der Waals surface area contributed by atoms with Gasteiger partial charge in [0, 0.05) is 7.11 Å². The highest BCUT2D eigenvalue weighted by Crippen LogP contribution is 1.87. The standard InChI is InChI=1S/C6H10O2/c1-3-4-5-6(7)8-2/h6-7H,5H2,1-2H3. The van der Waals surface area contributed by atoms with Crippen molar-refractivity contribution in [2.75, 3.05) is 7.11 Å². The van der Waals surface area contributed by atoms with Crippen LogP contribution >= 0.6 is 0 Å². The zero-order valence-electron chi connectivity index (χ0n) is 5.14. The molecule has 0 saturated heterocycles. The first-order chi connectivity index (χ1) is 3.81. The average molecular weight is 114 g/mol. The van der Waals surface area contributed by atoms with E-state index in [1.165, 1.54) is 7.11 Å². The van der Waals surface area contributed by atoms with Gasteiger partial charge in [-0.25, -0.2) is 0 Å². The van der Waals surface area contributed by atoms with Gasteiger partial charge < -0.3 is 9.84 Å². The van der Waals surface area contributed by atoms with Crippen molar-refractivity contribution >= 4 is 0 Å². The van der Waals surface area contributed by atoms with Crippen LogP contribution in [-0.4, -0.2) is 18.5 Å². The molecule has 0 aromatic rings. The lowest BCUT2D eigenvalue weighted by molar-refractivity contribution is -0.0687. The molecule has 0 heterocycles. The molecule has 0 bridgehead atoms. The molecule has 8 heavy (non-hydrogen) atoms. The van der Waals surface area contributed by atoms with Crippen LogP contribution in [-0.2, 0) is 4.74 Å². The molecule has 0 aliphatic carbocycles. The summed E-state index contributed by atoms with van der Waals surface area (Å²) < 4.78 is 4.51. The van der Waals surface area contributed by atoms with E-state index in [1.807, 2.05) is 0 Å². The summed E-state index contributed by atoms with van der Waals surface area (Å²) >= 11 is 0. The molecule has 0 saturated carbocycles. The first-order valence-corrected chi connectivity index (χ1v) is 2.41. The van der Waals surface area contributed by atoms with Crippen molar-refractivity contribution in [1.29, 1.82) is 0 Å². The Labute approximate surface area is 49.5 Å². The molecule has 1 unspecified atom stereocenters. The Morgan fingerprint density at radius 1 is 1.75 bits per heavy atom. The minimum atomic E-state index is -0.720. The van der Waals surface area contributed by atoms with E-state index in [4.69, 9.17) is 5.11 Å². The predicted molar refractivity (Wildman–Crippen MR) is 31.1 cm³/mol. The van der Waals surface area contributed by atoms with Gasteiger partial charge in [-0.15, -0.1) is 5.92 Å². The highest BCUT2D eigenvalue weighted by molar-refractivity contribution is 4.95. The SMILES string of the molecule is CC#CCC(O)OC. The van der Waals surface area contributed by atoms with Crippen molar-refractivity contribution in [3.05, 3.63) is 0 Å². The Balaban J connectivity index is 3.19. The van der Waals surface area contributed by atoms with E-state index in [1.54, 1.807) is 6.92 Å². The average Bonchev–Trinajstić information content (AvgIpc) is 1.83. The van der Waals surface area contributed by atoms with Gasteiger partial charge in [0.2, 0.25) is 0 Å². The summed E-state index contributed by atoms with van der Waals surface area (Å²) in [4.78, 5) is 0. The molecule has 0 aromatic heterocycles. The van der Waals surface area contributed by atoms with Gasteiger partial charge in [-0.3, -0.25) is 0 Å². The molecule has 46 valence electrons. The van der Waals surface area contributed by atoms with E-state index < -0.39 is 6.29 Å². The van der Waals surface area contributed by atoms with E-state index >= 15 is 0 Å². The summed E-state index contributed by atoms with van der Waals surface area (Å²) in [5.74, 6) is 5.32. The number of aliphatic hydroxyl groups excluding tert-OH is 1. The van der Waals surface area contributed by atoms with Crippen LogP contribution in [0.5, 0.6) is 0 Å². The van der Waals surface area contributed by atoms with Gasteiger partial charge >= 0.3 is 0 Å². The van der Waals surface area contributed by atoms with Crippen LogP contribution in [0.1, 0.15) is 13.3 Å².